The SMILES string of the molecule is O=C(O)c1ccc(CS(=O)O)c(F)c1. The third-order valence-corrected chi connectivity index (χ3v) is 2.14. The lowest BCUT2D eigenvalue weighted by molar-refractivity contribution is 0.0696. The summed E-state index contributed by atoms with van der Waals surface area (Å²) >= 11 is -2.13. The molecule has 0 aliphatic heterocycles. The first-order chi connectivity index (χ1) is 6.50. The van der Waals surface area contributed by atoms with Crippen LogP contribution in [0.25, 0.3) is 0 Å². The van der Waals surface area contributed by atoms with E-state index in [-0.39, 0.29) is 16.9 Å². The van der Waals surface area contributed by atoms with Gasteiger partial charge >= 0.3 is 5.97 Å². The van der Waals surface area contributed by atoms with Gasteiger partial charge in [-0.3, -0.25) is 0 Å². The third kappa shape index (κ3) is 2.61. The molecule has 0 saturated heterocycles. The number of carbonyl (C=O) groups is 1. The molecule has 0 fully saturated rings. The molecule has 0 heterocycles. The highest BCUT2D eigenvalue weighted by Gasteiger charge is 2.09. The van der Waals surface area contributed by atoms with Crippen molar-refractivity contribution in [3.05, 3.63) is 35.1 Å². The highest BCUT2D eigenvalue weighted by molar-refractivity contribution is 7.78. The summed E-state index contributed by atoms with van der Waals surface area (Å²) in [5, 5.41) is 8.51. The fraction of sp³-hybridized carbons (Fsp3) is 0.125. The predicted octanol–water partition coefficient (Wildman–Crippen LogP) is 1.25. The molecule has 0 aliphatic carbocycles. The lowest BCUT2D eigenvalue weighted by Gasteiger charge is -2.00. The molecule has 0 aliphatic rings. The van der Waals surface area contributed by atoms with Crippen molar-refractivity contribution in [3.63, 3.8) is 0 Å². The van der Waals surface area contributed by atoms with Crippen LogP contribution in [0, 0.1) is 5.82 Å². The minimum absolute atomic E-state index is 0.0239. The van der Waals surface area contributed by atoms with E-state index in [1.165, 1.54) is 12.1 Å². The number of carboxylic acid groups (broad SMARTS) is 1. The van der Waals surface area contributed by atoms with Crippen molar-refractivity contribution in [2.45, 2.75) is 5.75 Å². The van der Waals surface area contributed by atoms with Crippen LogP contribution in [0.1, 0.15) is 15.9 Å². The lowest BCUT2D eigenvalue weighted by Crippen LogP contribution is -2.01. The second-order valence-electron chi connectivity index (χ2n) is 2.58. The normalized spacial score (nSPS) is 12.4. The average molecular weight is 218 g/mol. The quantitative estimate of drug-likeness (QED) is 0.748. The number of benzene rings is 1. The van der Waals surface area contributed by atoms with E-state index in [2.05, 4.69) is 0 Å². The van der Waals surface area contributed by atoms with Crippen LogP contribution in [0.2, 0.25) is 0 Å². The fourth-order valence-corrected chi connectivity index (χ4v) is 1.43. The van der Waals surface area contributed by atoms with Crippen molar-refractivity contribution in [3.8, 4) is 0 Å². The lowest BCUT2D eigenvalue weighted by atomic mass is 10.1. The monoisotopic (exact) mass is 218 g/mol. The Morgan fingerprint density at radius 2 is 2.14 bits per heavy atom. The maximum Gasteiger partial charge on any atom is 0.335 e. The van der Waals surface area contributed by atoms with E-state index in [4.69, 9.17) is 9.66 Å². The van der Waals surface area contributed by atoms with E-state index in [0.717, 1.165) is 6.07 Å². The zero-order valence-electron chi connectivity index (χ0n) is 6.94. The molecule has 0 saturated carbocycles. The highest BCUT2D eigenvalue weighted by atomic mass is 32.2. The zero-order chi connectivity index (χ0) is 10.7. The largest absolute Gasteiger partial charge is 0.478 e. The van der Waals surface area contributed by atoms with Crippen LogP contribution in [0.4, 0.5) is 4.39 Å². The summed E-state index contributed by atoms with van der Waals surface area (Å²) in [6.07, 6.45) is 0. The smallest absolute Gasteiger partial charge is 0.335 e. The van der Waals surface area contributed by atoms with E-state index < -0.39 is 22.9 Å². The second-order valence-corrected chi connectivity index (χ2v) is 3.51. The molecule has 1 unspecified atom stereocenters. The summed E-state index contributed by atoms with van der Waals surface area (Å²) in [6, 6.07) is 3.20. The Kier molecular flexibility index (Phi) is 3.32. The summed E-state index contributed by atoms with van der Waals surface area (Å²) in [5.74, 6) is -2.36. The van der Waals surface area contributed by atoms with Crippen LogP contribution in [0.5, 0.6) is 0 Å². The van der Waals surface area contributed by atoms with E-state index in [0.29, 0.717) is 0 Å². The number of carboxylic acids is 1. The van der Waals surface area contributed by atoms with Crippen LogP contribution < -0.4 is 0 Å². The molecule has 2 N–H and O–H groups in total. The van der Waals surface area contributed by atoms with Gasteiger partial charge in [-0.05, 0) is 12.1 Å². The predicted molar refractivity (Wildman–Crippen MR) is 47.8 cm³/mol. The molecule has 0 spiro atoms. The van der Waals surface area contributed by atoms with Crippen molar-refractivity contribution in [1.82, 2.24) is 0 Å². The molecule has 0 bridgehead atoms. The van der Waals surface area contributed by atoms with Gasteiger partial charge in [0.2, 0.25) is 0 Å². The fourth-order valence-electron chi connectivity index (χ4n) is 0.930. The van der Waals surface area contributed by atoms with E-state index in [1.54, 1.807) is 0 Å². The molecule has 1 atom stereocenters. The van der Waals surface area contributed by atoms with Crippen LogP contribution in [0.3, 0.4) is 0 Å². The number of hydrogen-bond acceptors (Lipinski definition) is 2. The Balaban J connectivity index is 3.01. The number of aromatic carboxylic acids is 1. The summed E-state index contributed by atoms with van der Waals surface area (Å²) in [5.41, 5.74) is -0.161. The minimum atomic E-state index is -2.13. The molecule has 0 amide bonds. The molecule has 4 nitrogen and oxygen atoms in total. The first-order valence-corrected chi connectivity index (χ1v) is 4.87. The molecule has 76 valence electrons. The average Bonchev–Trinajstić information content (AvgIpc) is 2.07. The Morgan fingerprint density at radius 3 is 2.57 bits per heavy atom. The van der Waals surface area contributed by atoms with Gasteiger partial charge in [0.15, 0.2) is 11.1 Å². The number of hydrogen-bond donors (Lipinski definition) is 2. The second kappa shape index (κ2) is 4.30. The molecular formula is C8H7FO4S. The van der Waals surface area contributed by atoms with Crippen molar-refractivity contribution >= 4 is 17.0 Å². The van der Waals surface area contributed by atoms with Crippen LogP contribution >= 0.6 is 0 Å². The molecule has 0 aromatic heterocycles. The first kappa shape index (κ1) is 10.8. The molecule has 1 aromatic rings. The van der Waals surface area contributed by atoms with Gasteiger partial charge in [0.1, 0.15) is 5.82 Å². The Labute approximate surface area is 81.7 Å². The summed E-state index contributed by atoms with van der Waals surface area (Å²) in [7, 11) is 0. The van der Waals surface area contributed by atoms with Crippen LogP contribution in [-0.4, -0.2) is 19.8 Å². The third-order valence-electron chi connectivity index (χ3n) is 1.58. The van der Waals surface area contributed by atoms with Gasteiger partial charge in [-0.15, -0.1) is 0 Å². The first-order valence-electron chi connectivity index (χ1n) is 3.60. The summed E-state index contributed by atoms with van der Waals surface area (Å²) in [4.78, 5) is 10.4. The maximum absolute atomic E-state index is 13.1. The van der Waals surface area contributed by atoms with Crippen molar-refractivity contribution in [2.24, 2.45) is 0 Å². The zero-order valence-corrected chi connectivity index (χ0v) is 7.75. The maximum atomic E-state index is 13.1. The number of rotatable bonds is 3. The van der Waals surface area contributed by atoms with Gasteiger partial charge in [-0.1, -0.05) is 6.07 Å². The van der Waals surface area contributed by atoms with E-state index >= 15 is 0 Å². The molecule has 14 heavy (non-hydrogen) atoms. The van der Waals surface area contributed by atoms with Gasteiger partial charge < -0.3 is 9.66 Å². The van der Waals surface area contributed by atoms with Gasteiger partial charge in [0.25, 0.3) is 0 Å². The number of halogens is 1. The van der Waals surface area contributed by atoms with Crippen molar-refractivity contribution in [2.75, 3.05) is 0 Å². The van der Waals surface area contributed by atoms with E-state index in [9.17, 15) is 13.4 Å². The Hall–Kier alpha value is -1.27. The molecule has 0 radical (unpaired) electrons. The van der Waals surface area contributed by atoms with Gasteiger partial charge in [-0.25, -0.2) is 13.4 Å². The highest BCUT2D eigenvalue weighted by Crippen LogP contribution is 2.12. The molecule has 1 rings (SSSR count). The van der Waals surface area contributed by atoms with Crippen molar-refractivity contribution in [1.29, 1.82) is 0 Å². The summed E-state index contributed by atoms with van der Waals surface area (Å²) in [6.45, 7) is 0. The molecule has 6 heteroatoms. The van der Waals surface area contributed by atoms with E-state index in [1.807, 2.05) is 0 Å². The van der Waals surface area contributed by atoms with Crippen LogP contribution in [0.15, 0.2) is 18.2 Å². The van der Waals surface area contributed by atoms with Gasteiger partial charge in [0, 0.05) is 5.56 Å². The Bertz CT molecular complexity index is 391. The summed E-state index contributed by atoms with van der Waals surface area (Å²) < 4.78 is 31.9. The van der Waals surface area contributed by atoms with Crippen LogP contribution in [-0.2, 0) is 16.8 Å². The Morgan fingerprint density at radius 1 is 1.50 bits per heavy atom. The van der Waals surface area contributed by atoms with Crippen molar-refractivity contribution < 1.29 is 23.1 Å². The minimum Gasteiger partial charge on any atom is -0.478 e. The topological polar surface area (TPSA) is 74.6 Å². The molecular weight excluding hydrogens is 211 g/mol. The molecule has 1 aromatic carbocycles. The van der Waals surface area contributed by atoms with Gasteiger partial charge in [-0.2, -0.15) is 0 Å². The standard InChI is InChI=1S/C8H7FO4S/c9-7-3-5(8(10)11)1-2-6(7)4-14(12)13/h1-3H,4H2,(H,10,11)(H,12,13). The van der Waals surface area contributed by atoms with Gasteiger partial charge in [0.05, 0.1) is 11.3 Å².